The summed E-state index contributed by atoms with van der Waals surface area (Å²) in [5, 5.41) is 0. The maximum absolute atomic E-state index is 11.5. The summed E-state index contributed by atoms with van der Waals surface area (Å²) >= 11 is 0. The topological polar surface area (TPSA) is 65.2 Å². The normalized spacial score (nSPS) is 10.4. The number of nitrogen functional groups attached to an aromatic ring is 1. The zero-order chi connectivity index (χ0) is 13.9. The minimum Gasteiger partial charge on any atom is -0.465 e. The van der Waals surface area contributed by atoms with Gasteiger partial charge in [-0.15, -0.1) is 0 Å². The minimum atomic E-state index is -0.217. The number of aromatic nitrogens is 1. The summed E-state index contributed by atoms with van der Waals surface area (Å²) in [7, 11) is 0. The molecule has 0 aromatic carbocycles. The van der Waals surface area contributed by atoms with E-state index >= 15 is 0 Å². The number of rotatable bonds is 9. The summed E-state index contributed by atoms with van der Waals surface area (Å²) in [6, 6.07) is 3.49. The Morgan fingerprint density at radius 2 is 1.95 bits per heavy atom. The summed E-state index contributed by atoms with van der Waals surface area (Å²) in [6.45, 7) is 2.72. The monoisotopic (exact) mass is 264 g/mol. The summed E-state index contributed by atoms with van der Waals surface area (Å²) in [5.74, 6) is -0.217. The molecule has 4 nitrogen and oxygen atoms in total. The predicted octanol–water partition coefficient (Wildman–Crippen LogP) is 3.11. The highest BCUT2D eigenvalue weighted by Crippen LogP contribution is 2.06. The number of hydrogen-bond donors (Lipinski definition) is 1. The second-order valence-corrected chi connectivity index (χ2v) is 4.75. The van der Waals surface area contributed by atoms with Crippen LogP contribution in [0.15, 0.2) is 18.3 Å². The molecule has 1 aromatic heterocycles. The van der Waals surface area contributed by atoms with Crippen LogP contribution in [0.5, 0.6) is 0 Å². The number of ether oxygens (including phenoxy) is 1. The van der Waals surface area contributed by atoms with Crippen molar-refractivity contribution < 1.29 is 9.53 Å². The zero-order valence-corrected chi connectivity index (χ0v) is 11.7. The molecule has 0 aliphatic heterocycles. The van der Waals surface area contributed by atoms with E-state index in [1.54, 1.807) is 18.3 Å². The van der Waals surface area contributed by atoms with Crippen molar-refractivity contribution in [3.63, 3.8) is 0 Å². The van der Waals surface area contributed by atoms with E-state index in [4.69, 9.17) is 10.5 Å². The second-order valence-electron chi connectivity index (χ2n) is 4.75. The molecule has 2 N–H and O–H groups in total. The van der Waals surface area contributed by atoms with Gasteiger partial charge in [0.05, 0.1) is 30.6 Å². The van der Waals surface area contributed by atoms with Gasteiger partial charge < -0.3 is 10.5 Å². The molecule has 0 aliphatic rings. The standard InChI is InChI=1S/C15H24N2O2/c1-2-3-4-5-6-7-10-19-15(18)11-14-9-8-13(16)12-17-14/h8-9,12H,2-7,10-11,16H2,1H3. The number of pyridine rings is 1. The maximum atomic E-state index is 11.5. The van der Waals surface area contributed by atoms with Gasteiger partial charge in [-0.05, 0) is 18.6 Å². The van der Waals surface area contributed by atoms with Gasteiger partial charge in [0.15, 0.2) is 0 Å². The van der Waals surface area contributed by atoms with E-state index in [9.17, 15) is 4.79 Å². The van der Waals surface area contributed by atoms with Crippen LogP contribution in [0.3, 0.4) is 0 Å². The maximum Gasteiger partial charge on any atom is 0.311 e. The van der Waals surface area contributed by atoms with Crippen LogP contribution >= 0.6 is 0 Å². The van der Waals surface area contributed by atoms with E-state index in [0.717, 1.165) is 12.8 Å². The Morgan fingerprint density at radius 1 is 1.21 bits per heavy atom. The van der Waals surface area contributed by atoms with Crippen LogP contribution in [-0.4, -0.2) is 17.6 Å². The molecule has 106 valence electrons. The Bertz CT molecular complexity index is 363. The van der Waals surface area contributed by atoms with Crippen LogP contribution < -0.4 is 5.73 Å². The lowest BCUT2D eigenvalue weighted by Gasteiger charge is -2.05. The third-order valence-corrected chi connectivity index (χ3v) is 2.93. The van der Waals surface area contributed by atoms with Gasteiger partial charge in [0.1, 0.15) is 0 Å². The van der Waals surface area contributed by atoms with Crippen molar-refractivity contribution in [2.75, 3.05) is 12.3 Å². The summed E-state index contributed by atoms with van der Waals surface area (Å²) in [6.07, 6.45) is 8.90. The summed E-state index contributed by atoms with van der Waals surface area (Å²) in [5.41, 5.74) is 6.82. The van der Waals surface area contributed by atoms with Crippen molar-refractivity contribution in [2.24, 2.45) is 0 Å². The second kappa shape index (κ2) is 9.36. The SMILES string of the molecule is CCCCCCCCOC(=O)Cc1ccc(N)cn1. The van der Waals surface area contributed by atoms with Crippen LogP contribution in [0.2, 0.25) is 0 Å². The zero-order valence-electron chi connectivity index (χ0n) is 11.7. The molecule has 0 unspecified atom stereocenters. The average molecular weight is 264 g/mol. The minimum absolute atomic E-state index is 0.217. The number of carbonyl (C=O) groups excluding carboxylic acids is 1. The summed E-state index contributed by atoms with van der Waals surface area (Å²) in [4.78, 5) is 15.6. The van der Waals surface area contributed by atoms with E-state index in [2.05, 4.69) is 11.9 Å². The number of hydrogen-bond acceptors (Lipinski definition) is 4. The number of anilines is 1. The van der Waals surface area contributed by atoms with Crippen molar-refractivity contribution in [2.45, 2.75) is 51.9 Å². The van der Waals surface area contributed by atoms with Crippen molar-refractivity contribution in [3.8, 4) is 0 Å². The van der Waals surface area contributed by atoms with Gasteiger partial charge >= 0.3 is 5.97 Å². The third-order valence-electron chi connectivity index (χ3n) is 2.93. The lowest BCUT2D eigenvalue weighted by molar-refractivity contribution is -0.143. The summed E-state index contributed by atoms with van der Waals surface area (Å²) < 4.78 is 5.17. The Balaban J connectivity index is 2.06. The lowest BCUT2D eigenvalue weighted by atomic mass is 10.1. The van der Waals surface area contributed by atoms with E-state index in [1.165, 1.54) is 25.7 Å². The molecular weight excluding hydrogens is 240 g/mol. The van der Waals surface area contributed by atoms with Crippen molar-refractivity contribution in [3.05, 3.63) is 24.0 Å². The highest BCUT2D eigenvalue weighted by atomic mass is 16.5. The predicted molar refractivity (Wildman–Crippen MR) is 76.7 cm³/mol. The van der Waals surface area contributed by atoms with Gasteiger partial charge in [-0.25, -0.2) is 0 Å². The Hall–Kier alpha value is -1.58. The molecule has 0 atom stereocenters. The fourth-order valence-electron chi connectivity index (χ4n) is 1.81. The molecule has 19 heavy (non-hydrogen) atoms. The molecule has 0 saturated carbocycles. The molecule has 0 saturated heterocycles. The average Bonchev–Trinajstić information content (AvgIpc) is 2.40. The first kappa shape index (κ1) is 15.5. The molecule has 0 bridgehead atoms. The van der Waals surface area contributed by atoms with Crippen molar-refractivity contribution >= 4 is 11.7 Å². The van der Waals surface area contributed by atoms with Crippen LogP contribution in [0.4, 0.5) is 5.69 Å². The van der Waals surface area contributed by atoms with Gasteiger partial charge in [0.2, 0.25) is 0 Å². The lowest BCUT2D eigenvalue weighted by Crippen LogP contribution is -2.10. The van der Waals surface area contributed by atoms with Gasteiger partial charge in [0, 0.05) is 0 Å². The van der Waals surface area contributed by atoms with Crippen LogP contribution in [0, 0.1) is 0 Å². The number of esters is 1. The Morgan fingerprint density at radius 3 is 2.63 bits per heavy atom. The quantitative estimate of drug-likeness (QED) is 0.550. The fourth-order valence-corrected chi connectivity index (χ4v) is 1.81. The first-order valence-electron chi connectivity index (χ1n) is 7.08. The number of nitrogens with zero attached hydrogens (tertiary/aromatic N) is 1. The van der Waals surface area contributed by atoms with Crippen molar-refractivity contribution in [1.82, 2.24) is 4.98 Å². The van der Waals surface area contributed by atoms with Gasteiger partial charge in [-0.1, -0.05) is 39.0 Å². The molecular formula is C15H24N2O2. The molecule has 4 heteroatoms. The van der Waals surface area contributed by atoms with Gasteiger partial charge in [-0.2, -0.15) is 0 Å². The highest BCUT2D eigenvalue weighted by molar-refractivity contribution is 5.72. The smallest absolute Gasteiger partial charge is 0.311 e. The Kier molecular flexibility index (Phi) is 7.63. The Labute approximate surface area is 115 Å². The van der Waals surface area contributed by atoms with E-state index < -0.39 is 0 Å². The molecule has 0 spiro atoms. The first-order chi connectivity index (χ1) is 9.22. The number of nitrogens with two attached hydrogens (primary N) is 1. The van der Waals surface area contributed by atoms with Gasteiger partial charge in [-0.3, -0.25) is 9.78 Å². The molecule has 0 amide bonds. The number of carbonyl (C=O) groups is 1. The highest BCUT2D eigenvalue weighted by Gasteiger charge is 2.05. The first-order valence-corrected chi connectivity index (χ1v) is 7.08. The van der Waals surface area contributed by atoms with Crippen LogP contribution in [0.25, 0.3) is 0 Å². The molecule has 0 fully saturated rings. The molecule has 0 aliphatic carbocycles. The van der Waals surface area contributed by atoms with E-state index in [-0.39, 0.29) is 12.4 Å². The van der Waals surface area contributed by atoms with Crippen LogP contribution in [0.1, 0.15) is 51.1 Å². The molecule has 1 rings (SSSR count). The number of unbranched alkanes of at least 4 members (excludes halogenated alkanes) is 5. The van der Waals surface area contributed by atoms with E-state index in [0.29, 0.717) is 18.0 Å². The molecule has 0 radical (unpaired) electrons. The fraction of sp³-hybridized carbons (Fsp3) is 0.600. The molecule has 1 heterocycles. The van der Waals surface area contributed by atoms with Gasteiger partial charge in [0.25, 0.3) is 0 Å². The van der Waals surface area contributed by atoms with E-state index in [1.807, 2.05) is 0 Å². The van der Waals surface area contributed by atoms with Crippen LogP contribution in [-0.2, 0) is 16.0 Å². The van der Waals surface area contributed by atoms with Crippen molar-refractivity contribution in [1.29, 1.82) is 0 Å². The third kappa shape index (κ3) is 7.44. The largest absolute Gasteiger partial charge is 0.465 e. The molecule has 1 aromatic rings.